The van der Waals surface area contributed by atoms with Gasteiger partial charge in [-0.25, -0.2) is 4.39 Å². The van der Waals surface area contributed by atoms with Crippen molar-refractivity contribution in [2.45, 2.75) is 6.92 Å². The Labute approximate surface area is 98.3 Å². The number of oxime groups is 1. The maximum absolute atomic E-state index is 13.4. The fourth-order valence-corrected chi connectivity index (χ4v) is 1.35. The lowest BCUT2D eigenvalue weighted by Gasteiger charge is -2.21. The third-order valence-corrected chi connectivity index (χ3v) is 2.47. The van der Waals surface area contributed by atoms with Gasteiger partial charge in [-0.1, -0.05) is 17.3 Å². The molecule has 92 valence electrons. The summed E-state index contributed by atoms with van der Waals surface area (Å²) >= 11 is 0. The minimum absolute atomic E-state index is 0.148. The number of hydrogen-bond acceptors (Lipinski definition) is 3. The minimum atomic E-state index is -0.815. The van der Waals surface area contributed by atoms with E-state index < -0.39 is 17.6 Å². The predicted molar refractivity (Wildman–Crippen MR) is 62.4 cm³/mol. The Morgan fingerprint density at radius 2 is 2.12 bits per heavy atom. The van der Waals surface area contributed by atoms with Crippen molar-refractivity contribution in [1.82, 2.24) is 0 Å². The van der Waals surface area contributed by atoms with E-state index >= 15 is 0 Å². The van der Waals surface area contributed by atoms with Gasteiger partial charge in [-0.3, -0.25) is 4.79 Å². The Kier molecular flexibility index (Phi) is 4.03. The molecule has 0 heterocycles. The molecular weight excluding hydrogens is 225 g/mol. The largest absolute Gasteiger partial charge is 0.409 e. The molecule has 0 aliphatic rings. The highest BCUT2D eigenvalue weighted by molar-refractivity contribution is 6.08. The Bertz CT molecular complexity index is 448. The summed E-state index contributed by atoms with van der Waals surface area (Å²) in [5.74, 6) is -1.98. The lowest BCUT2D eigenvalue weighted by atomic mass is 10.1. The molecule has 1 rings (SSSR count). The first-order valence-electron chi connectivity index (χ1n) is 4.98. The first-order chi connectivity index (χ1) is 7.99. The molecule has 0 radical (unpaired) electrons. The number of para-hydroxylation sites is 1. The SMILES string of the molecule is CC(C(=O)N(C)c1ccccc1F)C(N)=NO. The zero-order valence-corrected chi connectivity index (χ0v) is 9.59. The average Bonchev–Trinajstić information content (AvgIpc) is 2.35. The van der Waals surface area contributed by atoms with Crippen LogP contribution in [-0.2, 0) is 4.79 Å². The summed E-state index contributed by atoms with van der Waals surface area (Å²) in [6.45, 7) is 1.48. The van der Waals surface area contributed by atoms with Crippen LogP contribution in [0.4, 0.5) is 10.1 Å². The molecule has 0 saturated carbocycles. The van der Waals surface area contributed by atoms with Gasteiger partial charge >= 0.3 is 0 Å². The van der Waals surface area contributed by atoms with Crippen molar-refractivity contribution in [2.75, 3.05) is 11.9 Å². The van der Waals surface area contributed by atoms with Gasteiger partial charge in [0.2, 0.25) is 5.91 Å². The highest BCUT2D eigenvalue weighted by Gasteiger charge is 2.23. The Morgan fingerprint density at radius 3 is 2.65 bits per heavy atom. The second-order valence-corrected chi connectivity index (χ2v) is 3.60. The first kappa shape index (κ1) is 13.0. The summed E-state index contributed by atoms with van der Waals surface area (Å²) in [7, 11) is 1.43. The molecule has 1 unspecified atom stereocenters. The number of amides is 1. The molecule has 0 spiro atoms. The number of rotatable bonds is 3. The van der Waals surface area contributed by atoms with E-state index in [1.807, 2.05) is 0 Å². The van der Waals surface area contributed by atoms with Crippen LogP contribution in [-0.4, -0.2) is 24.0 Å². The van der Waals surface area contributed by atoms with Gasteiger partial charge in [0.1, 0.15) is 5.82 Å². The molecular formula is C11H14FN3O2. The number of anilines is 1. The molecule has 17 heavy (non-hydrogen) atoms. The number of amidine groups is 1. The van der Waals surface area contributed by atoms with Crippen LogP contribution in [0.1, 0.15) is 6.92 Å². The van der Waals surface area contributed by atoms with Gasteiger partial charge in [0.15, 0.2) is 5.84 Å². The summed E-state index contributed by atoms with van der Waals surface area (Å²) in [6, 6.07) is 5.89. The van der Waals surface area contributed by atoms with E-state index in [0.29, 0.717) is 0 Å². The number of hydrogen-bond donors (Lipinski definition) is 2. The quantitative estimate of drug-likeness (QED) is 0.359. The van der Waals surface area contributed by atoms with Crippen LogP contribution in [0.15, 0.2) is 29.4 Å². The fourth-order valence-electron chi connectivity index (χ4n) is 1.35. The average molecular weight is 239 g/mol. The number of carbonyl (C=O) groups is 1. The van der Waals surface area contributed by atoms with Crippen molar-refractivity contribution >= 4 is 17.4 Å². The van der Waals surface area contributed by atoms with Crippen LogP contribution in [0.5, 0.6) is 0 Å². The highest BCUT2D eigenvalue weighted by atomic mass is 19.1. The third kappa shape index (κ3) is 2.72. The summed E-state index contributed by atoms with van der Waals surface area (Å²) < 4.78 is 13.4. The molecule has 5 nitrogen and oxygen atoms in total. The summed E-state index contributed by atoms with van der Waals surface area (Å²) in [5.41, 5.74) is 5.48. The van der Waals surface area contributed by atoms with Gasteiger partial charge in [-0.2, -0.15) is 0 Å². The van der Waals surface area contributed by atoms with E-state index in [9.17, 15) is 9.18 Å². The zero-order chi connectivity index (χ0) is 13.0. The van der Waals surface area contributed by atoms with Crippen molar-refractivity contribution in [3.05, 3.63) is 30.1 Å². The van der Waals surface area contributed by atoms with E-state index in [1.54, 1.807) is 6.07 Å². The van der Waals surface area contributed by atoms with Crippen molar-refractivity contribution in [2.24, 2.45) is 16.8 Å². The molecule has 0 saturated heterocycles. The smallest absolute Gasteiger partial charge is 0.237 e. The van der Waals surface area contributed by atoms with Crippen molar-refractivity contribution < 1.29 is 14.4 Å². The van der Waals surface area contributed by atoms with E-state index in [4.69, 9.17) is 10.9 Å². The standard InChI is InChI=1S/C11H14FN3O2/c1-7(10(13)14-17)11(16)15(2)9-6-4-3-5-8(9)12/h3-7,17H,1-2H3,(H2,13,14). The molecule has 1 atom stereocenters. The number of carbonyl (C=O) groups excluding carboxylic acids is 1. The maximum Gasteiger partial charge on any atom is 0.237 e. The molecule has 0 aromatic heterocycles. The number of nitrogens with zero attached hydrogens (tertiary/aromatic N) is 2. The molecule has 3 N–H and O–H groups in total. The molecule has 1 aromatic carbocycles. The second-order valence-electron chi connectivity index (χ2n) is 3.60. The number of nitrogens with two attached hydrogens (primary N) is 1. The lowest BCUT2D eigenvalue weighted by Crippen LogP contribution is -2.38. The van der Waals surface area contributed by atoms with Gasteiger partial charge in [0, 0.05) is 7.05 Å². The van der Waals surface area contributed by atoms with E-state index in [0.717, 1.165) is 4.90 Å². The van der Waals surface area contributed by atoms with Crippen LogP contribution in [0.2, 0.25) is 0 Å². The zero-order valence-electron chi connectivity index (χ0n) is 9.59. The molecule has 0 aliphatic carbocycles. The van der Waals surface area contributed by atoms with Gasteiger partial charge in [-0.15, -0.1) is 0 Å². The van der Waals surface area contributed by atoms with Crippen LogP contribution in [0.25, 0.3) is 0 Å². The maximum atomic E-state index is 13.4. The first-order valence-corrected chi connectivity index (χ1v) is 4.98. The van der Waals surface area contributed by atoms with Crippen molar-refractivity contribution in [3.63, 3.8) is 0 Å². The predicted octanol–water partition coefficient (Wildman–Crippen LogP) is 1.17. The van der Waals surface area contributed by atoms with E-state index in [-0.39, 0.29) is 11.5 Å². The molecule has 0 bridgehead atoms. The topological polar surface area (TPSA) is 78.9 Å². The fraction of sp³-hybridized carbons (Fsp3) is 0.273. The van der Waals surface area contributed by atoms with Crippen LogP contribution >= 0.6 is 0 Å². The van der Waals surface area contributed by atoms with Crippen LogP contribution < -0.4 is 10.6 Å². The summed E-state index contributed by atoms with van der Waals surface area (Å²) in [6.07, 6.45) is 0. The highest BCUT2D eigenvalue weighted by Crippen LogP contribution is 2.18. The molecule has 1 aromatic rings. The van der Waals surface area contributed by atoms with E-state index in [2.05, 4.69) is 5.16 Å². The van der Waals surface area contributed by atoms with Gasteiger partial charge in [0.25, 0.3) is 0 Å². The van der Waals surface area contributed by atoms with Crippen LogP contribution in [0.3, 0.4) is 0 Å². The second kappa shape index (κ2) is 5.29. The van der Waals surface area contributed by atoms with Crippen LogP contribution in [0, 0.1) is 11.7 Å². The number of halogens is 1. The third-order valence-electron chi connectivity index (χ3n) is 2.47. The molecule has 0 aliphatic heterocycles. The van der Waals surface area contributed by atoms with Crippen molar-refractivity contribution in [3.8, 4) is 0 Å². The molecule has 0 fully saturated rings. The van der Waals surface area contributed by atoms with Gasteiger partial charge in [0.05, 0.1) is 11.6 Å². The van der Waals surface area contributed by atoms with Gasteiger partial charge < -0.3 is 15.8 Å². The minimum Gasteiger partial charge on any atom is -0.409 e. The van der Waals surface area contributed by atoms with Crippen molar-refractivity contribution in [1.29, 1.82) is 0 Å². The lowest BCUT2D eigenvalue weighted by molar-refractivity contribution is -0.119. The molecule has 1 amide bonds. The Hall–Kier alpha value is -2.11. The monoisotopic (exact) mass is 239 g/mol. The Morgan fingerprint density at radius 1 is 1.53 bits per heavy atom. The summed E-state index contributed by atoms with van der Waals surface area (Å²) in [4.78, 5) is 13.0. The Balaban J connectivity index is 2.95. The number of benzene rings is 1. The normalized spacial score (nSPS) is 13.2. The van der Waals surface area contributed by atoms with Gasteiger partial charge in [-0.05, 0) is 19.1 Å². The van der Waals surface area contributed by atoms with E-state index in [1.165, 1.54) is 32.2 Å². The summed E-state index contributed by atoms with van der Waals surface area (Å²) in [5, 5.41) is 11.2. The molecule has 6 heteroatoms.